The number of aromatic nitrogens is 1. The number of carboxylic acid groups (broad SMARTS) is 1. The minimum absolute atomic E-state index is 0.0234. The highest BCUT2D eigenvalue weighted by Crippen LogP contribution is 1.99. The molecule has 1 aromatic rings. The average Bonchev–Trinajstić information content (AvgIpc) is 2.05. The molecular weight excluding hydrogens is 154 g/mol. The predicted octanol–water partition coefficient (Wildman–Crippen LogP) is 1.15. The van der Waals surface area contributed by atoms with E-state index < -0.39 is 5.97 Å². The number of carboxylic acids is 1. The molecule has 0 saturated carbocycles. The number of aromatic carboxylic acids is 1. The summed E-state index contributed by atoms with van der Waals surface area (Å²) in [6.07, 6.45) is 1.43. The van der Waals surface area contributed by atoms with Gasteiger partial charge in [-0.3, -0.25) is 0 Å². The fourth-order valence-electron chi connectivity index (χ4n) is 0.770. The molecule has 0 amide bonds. The summed E-state index contributed by atoms with van der Waals surface area (Å²) in [4.78, 5) is 14.1. The summed E-state index contributed by atoms with van der Waals surface area (Å²) in [6.45, 7) is 1.70. The van der Waals surface area contributed by atoms with Gasteiger partial charge in [-0.15, -0.1) is 5.92 Å². The molecule has 12 heavy (non-hydrogen) atoms. The Morgan fingerprint density at radius 3 is 3.00 bits per heavy atom. The van der Waals surface area contributed by atoms with E-state index in [0.29, 0.717) is 5.56 Å². The van der Waals surface area contributed by atoms with Crippen molar-refractivity contribution in [3.63, 3.8) is 0 Å². The van der Waals surface area contributed by atoms with Crippen LogP contribution in [0.3, 0.4) is 0 Å². The Labute approximate surface area is 70.1 Å². The van der Waals surface area contributed by atoms with Crippen LogP contribution in [0.5, 0.6) is 0 Å². The summed E-state index contributed by atoms with van der Waals surface area (Å²) >= 11 is 0. The minimum atomic E-state index is -1.03. The molecule has 0 aliphatic heterocycles. The summed E-state index contributed by atoms with van der Waals surface area (Å²) < 4.78 is 0. The van der Waals surface area contributed by atoms with Crippen LogP contribution >= 0.6 is 0 Å². The van der Waals surface area contributed by atoms with Gasteiger partial charge in [0.05, 0.1) is 0 Å². The number of nitrogens with zero attached hydrogens (tertiary/aromatic N) is 1. The summed E-state index contributed by atoms with van der Waals surface area (Å²) in [5.74, 6) is 4.40. The van der Waals surface area contributed by atoms with Crippen molar-refractivity contribution in [2.24, 2.45) is 0 Å². The first-order valence-corrected chi connectivity index (χ1v) is 3.36. The van der Waals surface area contributed by atoms with E-state index in [1.807, 2.05) is 0 Å². The van der Waals surface area contributed by atoms with E-state index in [1.54, 1.807) is 13.0 Å². The molecule has 1 aromatic heterocycles. The Hall–Kier alpha value is -1.82. The zero-order valence-electron chi connectivity index (χ0n) is 6.53. The van der Waals surface area contributed by atoms with Crippen LogP contribution in [0.25, 0.3) is 0 Å². The molecule has 0 aromatic carbocycles. The standard InChI is InChI=1S/C9H7NO2/c1-2-3-7-4-5-10-8(6-7)9(11)12/h4-6H,1H3,(H,11,12). The van der Waals surface area contributed by atoms with E-state index in [4.69, 9.17) is 5.11 Å². The molecule has 0 unspecified atom stereocenters. The monoisotopic (exact) mass is 161 g/mol. The fourth-order valence-corrected chi connectivity index (χ4v) is 0.770. The topological polar surface area (TPSA) is 50.2 Å². The highest BCUT2D eigenvalue weighted by molar-refractivity contribution is 5.85. The quantitative estimate of drug-likeness (QED) is 0.628. The lowest BCUT2D eigenvalue weighted by Gasteiger charge is -1.92. The Morgan fingerprint density at radius 1 is 1.67 bits per heavy atom. The maximum Gasteiger partial charge on any atom is 0.354 e. The lowest BCUT2D eigenvalue weighted by atomic mass is 10.2. The number of hydrogen-bond acceptors (Lipinski definition) is 2. The van der Waals surface area contributed by atoms with Crippen LogP contribution < -0.4 is 0 Å². The second-order valence-corrected chi connectivity index (χ2v) is 2.11. The van der Waals surface area contributed by atoms with E-state index in [1.165, 1.54) is 12.3 Å². The second-order valence-electron chi connectivity index (χ2n) is 2.11. The molecule has 0 saturated heterocycles. The Balaban J connectivity index is 3.09. The largest absolute Gasteiger partial charge is 0.477 e. The highest BCUT2D eigenvalue weighted by atomic mass is 16.4. The van der Waals surface area contributed by atoms with Gasteiger partial charge in [0, 0.05) is 11.8 Å². The summed E-state index contributed by atoms with van der Waals surface area (Å²) in [7, 11) is 0. The van der Waals surface area contributed by atoms with E-state index in [2.05, 4.69) is 16.8 Å². The normalized spacial score (nSPS) is 8.42. The third-order valence-corrected chi connectivity index (χ3v) is 1.25. The third kappa shape index (κ3) is 1.83. The molecule has 1 rings (SSSR count). The van der Waals surface area contributed by atoms with Crippen molar-refractivity contribution < 1.29 is 9.90 Å². The van der Waals surface area contributed by atoms with Crippen molar-refractivity contribution in [3.05, 3.63) is 29.6 Å². The molecule has 0 radical (unpaired) electrons. The Kier molecular flexibility index (Phi) is 2.44. The number of rotatable bonds is 1. The molecule has 3 heteroatoms. The van der Waals surface area contributed by atoms with Gasteiger partial charge in [0.25, 0.3) is 0 Å². The number of pyridine rings is 1. The molecule has 0 fully saturated rings. The first-order valence-electron chi connectivity index (χ1n) is 3.36. The van der Waals surface area contributed by atoms with Crippen LogP contribution in [0.4, 0.5) is 0 Å². The lowest BCUT2D eigenvalue weighted by molar-refractivity contribution is 0.0690. The first kappa shape index (κ1) is 8.28. The number of hydrogen-bond donors (Lipinski definition) is 1. The van der Waals surface area contributed by atoms with Crippen molar-refractivity contribution in [2.75, 3.05) is 0 Å². The van der Waals surface area contributed by atoms with Gasteiger partial charge in [-0.2, -0.15) is 0 Å². The first-order chi connectivity index (χ1) is 5.74. The zero-order valence-corrected chi connectivity index (χ0v) is 6.53. The number of carbonyl (C=O) groups is 1. The molecule has 60 valence electrons. The smallest absolute Gasteiger partial charge is 0.354 e. The maximum atomic E-state index is 10.4. The molecule has 3 nitrogen and oxygen atoms in total. The van der Waals surface area contributed by atoms with Crippen molar-refractivity contribution in [3.8, 4) is 11.8 Å². The fraction of sp³-hybridized carbons (Fsp3) is 0.111. The van der Waals surface area contributed by atoms with Crippen molar-refractivity contribution in [2.45, 2.75) is 6.92 Å². The summed E-state index contributed by atoms with van der Waals surface area (Å²) in [6, 6.07) is 3.11. The molecule has 0 atom stereocenters. The molecule has 0 bridgehead atoms. The van der Waals surface area contributed by atoms with Crippen LogP contribution in [0.1, 0.15) is 23.0 Å². The van der Waals surface area contributed by atoms with Crippen molar-refractivity contribution >= 4 is 5.97 Å². The van der Waals surface area contributed by atoms with Gasteiger partial charge in [0.15, 0.2) is 0 Å². The van der Waals surface area contributed by atoms with Gasteiger partial charge in [0.1, 0.15) is 5.69 Å². The van der Waals surface area contributed by atoms with Crippen LogP contribution in [-0.2, 0) is 0 Å². The van der Waals surface area contributed by atoms with Crippen LogP contribution in [0.2, 0.25) is 0 Å². The molecule has 0 aliphatic rings. The summed E-state index contributed by atoms with van der Waals surface area (Å²) in [5.41, 5.74) is 0.695. The van der Waals surface area contributed by atoms with Crippen molar-refractivity contribution in [1.82, 2.24) is 4.98 Å². The molecule has 0 spiro atoms. The van der Waals surface area contributed by atoms with Gasteiger partial charge < -0.3 is 5.11 Å². The van der Waals surface area contributed by atoms with Gasteiger partial charge in [-0.25, -0.2) is 9.78 Å². The molecule has 1 heterocycles. The SMILES string of the molecule is CC#Cc1ccnc(C(=O)O)c1. The van der Waals surface area contributed by atoms with Crippen LogP contribution in [0, 0.1) is 11.8 Å². The van der Waals surface area contributed by atoms with E-state index in [-0.39, 0.29) is 5.69 Å². The van der Waals surface area contributed by atoms with Gasteiger partial charge >= 0.3 is 5.97 Å². The average molecular weight is 161 g/mol. The molecular formula is C9H7NO2. The summed E-state index contributed by atoms with van der Waals surface area (Å²) in [5, 5.41) is 8.57. The zero-order chi connectivity index (χ0) is 8.97. The van der Waals surface area contributed by atoms with E-state index >= 15 is 0 Å². The maximum absolute atomic E-state index is 10.4. The lowest BCUT2D eigenvalue weighted by Crippen LogP contribution is -1.99. The van der Waals surface area contributed by atoms with Crippen LogP contribution in [-0.4, -0.2) is 16.1 Å². The van der Waals surface area contributed by atoms with Crippen molar-refractivity contribution in [1.29, 1.82) is 0 Å². The van der Waals surface area contributed by atoms with Crippen LogP contribution in [0.15, 0.2) is 18.3 Å². The molecule has 0 aliphatic carbocycles. The van der Waals surface area contributed by atoms with Gasteiger partial charge in [-0.05, 0) is 19.1 Å². The predicted molar refractivity (Wildman–Crippen MR) is 43.7 cm³/mol. The van der Waals surface area contributed by atoms with Gasteiger partial charge in [0.2, 0.25) is 0 Å². The highest BCUT2D eigenvalue weighted by Gasteiger charge is 2.02. The van der Waals surface area contributed by atoms with E-state index in [9.17, 15) is 4.79 Å². The third-order valence-electron chi connectivity index (χ3n) is 1.25. The Morgan fingerprint density at radius 2 is 2.42 bits per heavy atom. The minimum Gasteiger partial charge on any atom is -0.477 e. The molecule has 1 N–H and O–H groups in total. The van der Waals surface area contributed by atoms with E-state index in [0.717, 1.165) is 0 Å². The van der Waals surface area contributed by atoms with Gasteiger partial charge in [-0.1, -0.05) is 5.92 Å². The second kappa shape index (κ2) is 3.54. The Bertz CT molecular complexity index is 360.